The van der Waals surface area contributed by atoms with Crippen LogP contribution in [0.1, 0.15) is 54.6 Å². The molecule has 1 aliphatic heterocycles. The van der Waals surface area contributed by atoms with Gasteiger partial charge in [0.1, 0.15) is 17.4 Å². The summed E-state index contributed by atoms with van der Waals surface area (Å²) in [6, 6.07) is 0.395. The number of sulfonamides is 1. The van der Waals surface area contributed by atoms with Gasteiger partial charge in [0.25, 0.3) is 10.0 Å². The predicted octanol–water partition coefficient (Wildman–Crippen LogP) is 2.64. The lowest BCUT2D eigenvalue weighted by Gasteiger charge is -2.39. The molecular formula is C23H30N4O7S2. The quantitative estimate of drug-likeness (QED) is 0.506. The molecule has 13 heteroatoms. The zero-order valence-corrected chi connectivity index (χ0v) is 21.9. The van der Waals surface area contributed by atoms with E-state index in [1.165, 1.54) is 36.7 Å². The largest absolute Gasteiger partial charge is 0.465 e. The Balaban J connectivity index is 1.50. The number of aromatic nitrogens is 1. The van der Waals surface area contributed by atoms with Crippen LogP contribution in [0.2, 0.25) is 0 Å². The highest BCUT2D eigenvalue weighted by molar-refractivity contribution is 7.89. The fraction of sp³-hybridized carbons (Fsp3) is 0.565. The second-order valence-electron chi connectivity index (χ2n) is 9.03. The molecule has 0 aromatic carbocycles. The number of carbonyl (C=O) groups excluding carboxylic acids is 3. The SMILES string of the molecule is COC(=O)c1cc(S(=O)(=O)N2CCN(C(CC3CCCCC3)C(=O)Nc3nccs3)C(=O)C2)oc1C. The van der Waals surface area contributed by atoms with Gasteiger partial charge in [-0.15, -0.1) is 11.3 Å². The second-order valence-corrected chi connectivity index (χ2v) is 11.8. The molecule has 1 saturated carbocycles. The van der Waals surface area contributed by atoms with Crippen molar-refractivity contribution in [1.29, 1.82) is 0 Å². The molecule has 1 unspecified atom stereocenters. The van der Waals surface area contributed by atoms with Crippen LogP contribution in [0.4, 0.5) is 5.13 Å². The maximum atomic E-state index is 13.2. The molecular weight excluding hydrogens is 508 g/mol. The molecule has 4 rings (SSSR count). The summed E-state index contributed by atoms with van der Waals surface area (Å²) in [7, 11) is -2.98. The van der Waals surface area contributed by atoms with Crippen LogP contribution < -0.4 is 5.32 Å². The molecule has 36 heavy (non-hydrogen) atoms. The highest BCUT2D eigenvalue weighted by Crippen LogP contribution is 2.31. The first kappa shape index (κ1) is 26.3. The number of amides is 2. The monoisotopic (exact) mass is 538 g/mol. The second kappa shape index (κ2) is 11.1. The van der Waals surface area contributed by atoms with Crippen LogP contribution >= 0.6 is 11.3 Å². The summed E-state index contributed by atoms with van der Waals surface area (Å²) in [6.07, 6.45) is 7.49. The summed E-state index contributed by atoms with van der Waals surface area (Å²) in [4.78, 5) is 43.9. The van der Waals surface area contributed by atoms with Gasteiger partial charge in [-0.2, -0.15) is 4.31 Å². The van der Waals surface area contributed by atoms with Crippen molar-refractivity contribution in [3.8, 4) is 0 Å². The van der Waals surface area contributed by atoms with E-state index in [9.17, 15) is 22.8 Å². The number of hydrogen-bond donors (Lipinski definition) is 1. The van der Waals surface area contributed by atoms with E-state index in [0.717, 1.165) is 36.1 Å². The standard InChI is InChI=1S/C23H30N4O7S2/c1-15-17(22(30)33-2)13-20(34-15)36(31,32)26-9-10-27(19(28)14-26)18(12-16-6-4-3-5-7-16)21(29)25-23-24-8-11-35-23/h8,11,13,16,18H,3-7,9-10,12,14H2,1-2H3,(H,24,25,29). The van der Waals surface area contributed by atoms with Gasteiger partial charge in [-0.1, -0.05) is 32.1 Å². The minimum absolute atomic E-state index is 0.00687. The molecule has 1 saturated heterocycles. The topological polar surface area (TPSA) is 139 Å². The summed E-state index contributed by atoms with van der Waals surface area (Å²) in [5.74, 6) is -1.06. The molecule has 0 bridgehead atoms. The molecule has 2 fully saturated rings. The third kappa shape index (κ3) is 5.62. The maximum Gasteiger partial charge on any atom is 0.341 e. The molecule has 3 heterocycles. The minimum Gasteiger partial charge on any atom is -0.465 e. The molecule has 1 N–H and O–H groups in total. The smallest absolute Gasteiger partial charge is 0.341 e. The zero-order chi connectivity index (χ0) is 25.9. The number of thiazole rings is 1. The average Bonchev–Trinajstić information content (AvgIpc) is 3.52. The number of aryl methyl sites for hydroxylation is 1. The average molecular weight is 539 g/mol. The summed E-state index contributed by atoms with van der Waals surface area (Å²) in [5, 5.41) is 4.58. The van der Waals surface area contributed by atoms with Crippen LogP contribution in [-0.4, -0.2) is 73.2 Å². The Morgan fingerprint density at radius 2 is 2.03 bits per heavy atom. The molecule has 2 amide bonds. The summed E-state index contributed by atoms with van der Waals surface area (Å²) < 4.78 is 37.4. The van der Waals surface area contributed by atoms with Gasteiger partial charge in [0.2, 0.25) is 16.9 Å². The van der Waals surface area contributed by atoms with Gasteiger partial charge >= 0.3 is 5.97 Å². The number of rotatable bonds is 8. The number of anilines is 1. The van der Waals surface area contributed by atoms with E-state index in [0.29, 0.717) is 17.5 Å². The fourth-order valence-electron chi connectivity index (χ4n) is 4.81. The molecule has 1 aliphatic carbocycles. The van der Waals surface area contributed by atoms with E-state index < -0.39 is 39.6 Å². The number of nitrogens with one attached hydrogen (secondary N) is 1. The number of esters is 1. The summed E-state index contributed by atoms with van der Waals surface area (Å²) in [6.45, 7) is 1.09. The molecule has 2 aliphatic rings. The Morgan fingerprint density at radius 3 is 2.67 bits per heavy atom. The molecule has 2 aromatic rings. The van der Waals surface area contributed by atoms with Crippen LogP contribution in [0, 0.1) is 12.8 Å². The Kier molecular flexibility index (Phi) is 8.10. The van der Waals surface area contributed by atoms with Crippen LogP contribution in [0.25, 0.3) is 0 Å². The van der Waals surface area contributed by atoms with Gasteiger partial charge in [-0.25, -0.2) is 18.2 Å². The van der Waals surface area contributed by atoms with Gasteiger partial charge in [0.05, 0.1) is 13.7 Å². The number of methoxy groups -OCH3 is 1. The highest BCUT2D eigenvalue weighted by Gasteiger charge is 2.40. The van der Waals surface area contributed by atoms with Gasteiger partial charge in [0, 0.05) is 30.7 Å². The summed E-state index contributed by atoms with van der Waals surface area (Å²) >= 11 is 1.29. The zero-order valence-electron chi connectivity index (χ0n) is 20.3. The third-order valence-electron chi connectivity index (χ3n) is 6.74. The van der Waals surface area contributed by atoms with Crippen molar-refractivity contribution in [2.75, 3.05) is 32.1 Å². The van der Waals surface area contributed by atoms with E-state index in [2.05, 4.69) is 15.0 Å². The summed E-state index contributed by atoms with van der Waals surface area (Å²) in [5.41, 5.74) is 0.00689. The van der Waals surface area contributed by atoms with Crippen LogP contribution in [0.15, 0.2) is 27.2 Å². The fourth-order valence-corrected chi connectivity index (χ4v) is 6.70. The van der Waals surface area contributed by atoms with Crippen molar-refractivity contribution in [2.24, 2.45) is 5.92 Å². The van der Waals surface area contributed by atoms with E-state index in [-0.39, 0.29) is 30.3 Å². The van der Waals surface area contributed by atoms with Crippen LogP contribution in [0.3, 0.4) is 0 Å². The van der Waals surface area contributed by atoms with Crippen LogP contribution in [-0.2, 0) is 24.3 Å². The van der Waals surface area contributed by atoms with Crippen LogP contribution in [0.5, 0.6) is 0 Å². The lowest BCUT2D eigenvalue weighted by molar-refractivity contribution is -0.142. The molecule has 11 nitrogen and oxygen atoms in total. The Morgan fingerprint density at radius 1 is 1.28 bits per heavy atom. The minimum atomic E-state index is -4.17. The lowest BCUT2D eigenvalue weighted by atomic mass is 9.84. The predicted molar refractivity (Wildman–Crippen MR) is 131 cm³/mol. The first-order valence-electron chi connectivity index (χ1n) is 11.9. The highest BCUT2D eigenvalue weighted by atomic mass is 32.2. The lowest BCUT2D eigenvalue weighted by Crippen LogP contribution is -2.58. The number of hydrogen-bond acceptors (Lipinski definition) is 9. The van der Waals surface area contributed by atoms with Gasteiger partial charge in [-0.05, 0) is 19.3 Å². The van der Waals surface area contributed by atoms with Gasteiger partial charge < -0.3 is 19.4 Å². The van der Waals surface area contributed by atoms with Gasteiger partial charge in [0.15, 0.2) is 5.13 Å². The Bertz CT molecular complexity index is 1200. The van der Waals surface area contributed by atoms with Gasteiger partial charge in [-0.3, -0.25) is 9.59 Å². The maximum absolute atomic E-state index is 13.2. The number of carbonyl (C=O) groups is 3. The first-order chi connectivity index (χ1) is 17.2. The molecule has 0 radical (unpaired) electrons. The van der Waals surface area contributed by atoms with Crippen molar-refractivity contribution in [2.45, 2.75) is 56.6 Å². The Hall–Kier alpha value is -2.77. The number of furan rings is 1. The first-order valence-corrected chi connectivity index (χ1v) is 14.2. The number of ether oxygens (including phenoxy) is 1. The third-order valence-corrected chi connectivity index (χ3v) is 9.13. The number of nitrogens with zero attached hydrogens (tertiary/aromatic N) is 3. The molecule has 1 atom stereocenters. The van der Waals surface area contributed by atoms with Crippen molar-refractivity contribution < 1.29 is 32.0 Å². The Labute approximate surface area is 213 Å². The van der Waals surface area contributed by atoms with Crippen molar-refractivity contribution >= 4 is 44.3 Å². The molecule has 0 spiro atoms. The molecule has 196 valence electrons. The normalized spacial score (nSPS) is 18.7. The molecule has 2 aromatic heterocycles. The van der Waals surface area contributed by atoms with Crippen molar-refractivity contribution in [3.63, 3.8) is 0 Å². The number of piperazine rings is 1. The van der Waals surface area contributed by atoms with E-state index in [1.807, 2.05) is 0 Å². The van der Waals surface area contributed by atoms with E-state index >= 15 is 0 Å². The van der Waals surface area contributed by atoms with Crippen molar-refractivity contribution in [1.82, 2.24) is 14.2 Å². The van der Waals surface area contributed by atoms with E-state index in [4.69, 9.17) is 4.42 Å². The van der Waals surface area contributed by atoms with Crippen molar-refractivity contribution in [3.05, 3.63) is 29.0 Å². The van der Waals surface area contributed by atoms with E-state index in [1.54, 1.807) is 11.6 Å².